The first-order chi connectivity index (χ1) is 17.0. The summed E-state index contributed by atoms with van der Waals surface area (Å²) in [5.74, 6) is 0.610. The van der Waals surface area contributed by atoms with Crippen molar-refractivity contribution >= 4 is 11.4 Å². The number of aliphatic hydroxyl groups excluding tert-OH is 1. The van der Waals surface area contributed by atoms with E-state index in [0.29, 0.717) is 17.4 Å². The molecule has 0 saturated carbocycles. The molecule has 186 valence electrons. The van der Waals surface area contributed by atoms with E-state index in [1.807, 2.05) is 0 Å². The summed E-state index contributed by atoms with van der Waals surface area (Å²) in [6, 6.07) is 8.68. The van der Waals surface area contributed by atoms with Crippen LogP contribution >= 0.6 is 0 Å². The number of ketones is 1. The summed E-state index contributed by atoms with van der Waals surface area (Å²) in [4.78, 5) is 13.8. The summed E-state index contributed by atoms with van der Waals surface area (Å²) in [7, 11) is 0. The molecule has 0 aromatic heterocycles. The van der Waals surface area contributed by atoms with Gasteiger partial charge in [0.15, 0.2) is 5.78 Å². The number of aryl methyl sites for hydroxylation is 2. The van der Waals surface area contributed by atoms with Gasteiger partial charge in [0.25, 0.3) is 0 Å². The molecule has 5 rings (SSSR count). The van der Waals surface area contributed by atoms with E-state index in [2.05, 4.69) is 97.9 Å². The van der Waals surface area contributed by atoms with Gasteiger partial charge < -0.3 is 5.11 Å². The minimum atomic E-state index is -0.499. The molecule has 0 aliphatic heterocycles. The largest absolute Gasteiger partial charge is 0.511 e. The van der Waals surface area contributed by atoms with Crippen molar-refractivity contribution in [3.05, 3.63) is 98.4 Å². The first-order valence-corrected chi connectivity index (χ1v) is 13.3. The van der Waals surface area contributed by atoms with E-state index in [1.165, 1.54) is 39.0 Å². The van der Waals surface area contributed by atoms with Gasteiger partial charge in [0.1, 0.15) is 5.76 Å². The number of rotatable bonds is 4. The molecule has 0 aromatic carbocycles. The number of Topliss-reactive ketones (excluding diaryl/α,β-unsaturated/α-hetero) is 1. The third-order valence-electron chi connectivity index (χ3n) is 8.59. The maximum absolute atomic E-state index is 13.8. The number of hydrogen-bond donors (Lipinski definition) is 1. The fraction of sp³-hybridized carbons (Fsp3) is 0.382. The summed E-state index contributed by atoms with van der Waals surface area (Å²) >= 11 is 0. The molecular weight excluding hydrogens is 440 g/mol. The van der Waals surface area contributed by atoms with Gasteiger partial charge in [0.05, 0.1) is 11.5 Å². The summed E-state index contributed by atoms with van der Waals surface area (Å²) < 4.78 is 0. The molecule has 1 N–H and O–H groups in total. The van der Waals surface area contributed by atoms with Crippen LogP contribution in [-0.2, 0) is 4.79 Å². The van der Waals surface area contributed by atoms with Crippen LogP contribution in [0.4, 0.5) is 0 Å². The van der Waals surface area contributed by atoms with E-state index >= 15 is 0 Å². The lowest BCUT2D eigenvalue weighted by Crippen LogP contribution is -2.36. The van der Waals surface area contributed by atoms with Crippen molar-refractivity contribution in [3.8, 4) is 11.1 Å². The van der Waals surface area contributed by atoms with Crippen LogP contribution < -0.4 is 0 Å². The zero-order valence-electron chi connectivity index (χ0n) is 22.9. The molecule has 0 saturated heterocycles. The average Bonchev–Trinajstić information content (AvgIpc) is 3.11. The predicted octanol–water partition coefficient (Wildman–Crippen LogP) is 8.80. The van der Waals surface area contributed by atoms with Crippen LogP contribution in [0.3, 0.4) is 0 Å². The highest BCUT2D eigenvalue weighted by atomic mass is 16.3. The Kier molecular flexibility index (Phi) is 5.98. The Morgan fingerprint density at radius 1 is 0.861 bits per heavy atom. The van der Waals surface area contributed by atoms with Crippen LogP contribution in [0.25, 0.3) is 16.7 Å². The average molecular weight is 479 g/mol. The minimum absolute atomic E-state index is 0.0614. The number of hydrogen-bond acceptors (Lipinski definition) is 2. The van der Waals surface area contributed by atoms with Gasteiger partial charge in [0.2, 0.25) is 0 Å². The van der Waals surface area contributed by atoms with E-state index in [9.17, 15) is 9.90 Å². The van der Waals surface area contributed by atoms with Crippen LogP contribution in [0.1, 0.15) is 76.1 Å². The number of aliphatic hydroxyl groups is 1. The maximum atomic E-state index is 13.8. The zero-order chi connectivity index (χ0) is 26.0. The van der Waals surface area contributed by atoms with Gasteiger partial charge in [-0.1, -0.05) is 75.3 Å². The highest BCUT2D eigenvalue weighted by molar-refractivity contribution is 6.31. The fourth-order valence-electron chi connectivity index (χ4n) is 6.33. The van der Waals surface area contributed by atoms with Gasteiger partial charge in [0, 0.05) is 5.92 Å². The Balaban J connectivity index is 1.58. The molecule has 5 aliphatic rings. The molecular formula is C34H38O2. The Labute approximate surface area is 216 Å². The van der Waals surface area contributed by atoms with Crippen molar-refractivity contribution in [2.45, 2.75) is 67.7 Å². The van der Waals surface area contributed by atoms with Gasteiger partial charge in [-0.2, -0.15) is 0 Å². The molecule has 2 nitrogen and oxygen atoms in total. The van der Waals surface area contributed by atoms with E-state index in [1.54, 1.807) is 0 Å². The molecule has 0 spiro atoms. The van der Waals surface area contributed by atoms with E-state index < -0.39 is 5.92 Å². The molecule has 2 atom stereocenters. The quantitative estimate of drug-likeness (QED) is 0.477. The molecule has 0 heterocycles. The Morgan fingerprint density at radius 2 is 1.58 bits per heavy atom. The van der Waals surface area contributed by atoms with Gasteiger partial charge in [-0.05, 0) is 102 Å². The summed E-state index contributed by atoms with van der Waals surface area (Å²) in [6.45, 7) is 17.4. The number of carbonyl (C=O) groups excluding carboxylic acids is 1. The van der Waals surface area contributed by atoms with Crippen molar-refractivity contribution in [3.63, 3.8) is 0 Å². The highest BCUT2D eigenvalue weighted by Gasteiger charge is 2.48. The van der Waals surface area contributed by atoms with Crippen molar-refractivity contribution in [1.82, 2.24) is 0 Å². The van der Waals surface area contributed by atoms with Gasteiger partial charge in [-0.15, -0.1) is 0 Å². The van der Waals surface area contributed by atoms with Crippen molar-refractivity contribution in [1.29, 1.82) is 0 Å². The molecule has 0 fully saturated rings. The topological polar surface area (TPSA) is 37.3 Å². The third kappa shape index (κ3) is 3.65. The molecule has 2 heteroatoms. The molecule has 0 aromatic rings. The third-order valence-corrected chi connectivity index (χ3v) is 8.59. The van der Waals surface area contributed by atoms with Gasteiger partial charge >= 0.3 is 0 Å². The zero-order valence-corrected chi connectivity index (χ0v) is 22.9. The Morgan fingerprint density at radius 3 is 2.22 bits per heavy atom. The number of carbonyl (C=O) groups is 1. The van der Waals surface area contributed by atoms with Crippen LogP contribution in [0.15, 0.2) is 76.1 Å². The lowest BCUT2D eigenvalue weighted by molar-refractivity contribution is -0.120. The number of allylic oxidation sites excluding steroid dienone is 10. The molecule has 0 bridgehead atoms. The normalized spacial score (nSPS) is 22.2. The van der Waals surface area contributed by atoms with Gasteiger partial charge in [-0.25, -0.2) is 0 Å². The lowest BCUT2D eigenvalue weighted by Gasteiger charge is -2.33. The molecule has 0 radical (unpaired) electrons. The van der Waals surface area contributed by atoms with E-state index in [4.69, 9.17) is 0 Å². The Bertz CT molecular complexity index is 1420. The van der Waals surface area contributed by atoms with Crippen LogP contribution in [-0.4, -0.2) is 10.9 Å². The maximum Gasteiger partial charge on any atom is 0.178 e. The second kappa shape index (κ2) is 8.76. The van der Waals surface area contributed by atoms with Crippen molar-refractivity contribution < 1.29 is 9.90 Å². The monoisotopic (exact) mass is 478 g/mol. The minimum Gasteiger partial charge on any atom is -0.511 e. The second-order valence-corrected chi connectivity index (χ2v) is 11.6. The van der Waals surface area contributed by atoms with Crippen LogP contribution in [0.2, 0.25) is 0 Å². The molecule has 2 unspecified atom stereocenters. The van der Waals surface area contributed by atoms with E-state index in [-0.39, 0.29) is 17.5 Å². The SMILES string of the molecule is CC1=CC(C2C(=O)C(c3cc(C)c4cc(C(C)C)ccc(C)c3-4)=C2O)C2=C1CC(C(C)C)=CC=C2C. The summed E-state index contributed by atoms with van der Waals surface area (Å²) in [6.07, 6.45) is 7.58. The first-order valence-electron chi connectivity index (χ1n) is 13.3. The smallest absolute Gasteiger partial charge is 0.178 e. The predicted molar refractivity (Wildman–Crippen MR) is 150 cm³/mol. The standard InChI is InChI=1S/C34H38O2/c1-17(2)23-11-9-19(5)29-25(15-23)21(7)13-27(29)31-33(35)32(34(31)36)28-14-22(8)26-16-24(18(3)4)12-10-20(6)30(26)28/h9-15,17-18,28,32,35H,16H2,1-8H3. The molecule has 5 aliphatic carbocycles. The number of fused-ring (bicyclic) bond motifs is 1. The van der Waals surface area contributed by atoms with Crippen molar-refractivity contribution in [2.75, 3.05) is 0 Å². The molecule has 0 amide bonds. The first kappa shape index (κ1) is 24.6. The molecule has 36 heavy (non-hydrogen) atoms. The van der Waals surface area contributed by atoms with Crippen LogP contribution in [0.5, 0.6) is 0 Å². The highest BCUT2D eigenvalue weighted by Crippen LogP contribution is 2.53. The fourth-order valence-corrected chi connectivity index (χ4v) is 6.33. The van der Waals surface area contributed by atoms with E-state index in [0.717, 1.165) is 28.7 Å². The second-order valence-electron chi connectivity index (χ2n) is 11.6. The van der Waals surface area contributed by atoms with Crippen molar-refractivity contribution in [2.24, 2.45) is 17.8 Å². The van der Waals surface area contributed by atoms with Crippen LogP contribution in [0, 0.1) is 31.6 Å². The summed E-state index contributed by atoms with van der Waals surface area (Å²) in [5, 5.41) is 11.5. The van der Waals surface area contributed by atoms with Gasteiger partial charge in [-0.3, -0.25) is 4.79 Å². The Hall–Kier alpha value is -3.13. The lowest BCUT2D eigenvalue weighted by atomic mass is 9.69. The summed E-state index contributed by atoms with van der Waals surface area (Å²) in [5.41, 5.74) is 13.6.